The van der Waals surface area contributed by atoms with Crippen LogP contribution < -0.4 is 14.8 Å². The van der Waals surface area contributed by atoms with E-state index in [1.165, 1.54) is 0 Å². The molecule has 2 aromatic heterocycles. The third kappa shape index (κ3) is 6.38. The minimum atomic E-state index is -4.59. The number of carbonyl (C=O) groups excluding carboxylic acids is 1. The van der Waals surface area contributed by atoms with Crippen molar-refractivity contribution in [3.63, 3.8) is 0 Å². The molecule has 0 aliphatic rings. The Morgan fingerprint density at radius 3 is 2.56 bits per heavy atom. The lowest BCUT2D eigenvalue weighted by Gasteiger charge is -2.15. The molecule has 0 radical (unpaired) electrons. The molecule has 0 unspecified atom stereocenters. The summed E-state index contributed by atoms with van der Waals surface area (Å²) in [5, 5.41) is 6.35. The van der Waals surface area contributed by atoms with E-state index in [1.54, 1.807) is 48.8 Å². The number of pyridine rings is 1. The lowest BCUT2D eigenvalue weighted by atomic mass is 10.1. The van der Waals surface area contributed by atoms with Crippen LogP contribution in [0, 0.1) is 0 Å². The summed E-state index contributed by atoms with van der Waals surface area (Å²) in [6, 6.07) is 12.9. The number of nitrogens with zero attached hydrogens (tertiary/aromatic N) is 3. The Bertz CT molecular complexity index is 1310. The maximum absolute atomic E-state index is 13.3. The summed E-state index contributed by atoms with van der Waals surface area (Å²) in [4.78, 5) is 20.8. The number of aryl methyl sites for hydroxylation is 1. The number of hydrogen-bond donors (Lipinski definition) is 1. The molecule has 0 aliphatic heterocycles. The standard InChI is InChI=1S/C25H21F3N4O4/c1-2-34-18-6-8-19(9-7-18)35-21-10-5-17(25(26,27)28)14-20(21)30-22(33)11-12-23-31-24(32-36-23)16-4-3-13-29-15-16/h3-10,13-15H,2,11-12H2,1H3,(H,30,33). The monoisotopic (exact) mass is 498 g/mol. The second-order valence-corrected chi connectivity index (χ2v) is 7.52. The van der Waals surface area contributed by atoms with Crippen LogP contribution in [0.2, 0.25) is 0 Å². The summed E-state index contributed by atoms with van der Waals surface area (Å²) in [6.45, 7) is 2.34. The van der Waals surface area contributed by atoms with Gasteiger partial charge < -0.3 is 19.3 Å². The van der Waals surface area contributed by atoms with Gasteiger partial charge in [-0.05, 0) is 61.5 Å². The molecule has 8 nitrogen and oxygen atoms in total. The molecule has 0 saturated carbocycles. The molecule has 1 N–H and O–H groups in total. The van der Waals surface area contributed by atoms with E-state index in [0.717, 1.165) is 18.2 Å². The smallest absolute Gasteiger partial charge is 0.416 e. The quantitative estimate of drug-likeness (QED) is 0.306. The average Bonchev–Trinajstić information content (AvgIpc) is 3.34. The second-order valence-electron chi connectivity index (χ2n) is 7.52. The molecular formula is C25H21F3N4O4. The zero-order valence-corrected chi connectivity index (χ0v) is 19.1. The molecule has 1 amide bonds. The summed E-state index contributed by atoms with van der Waals surface area (Å²) < 4.78 is 56.2. The summed E-state index contributed by atoms with van der Waals surface area (Å²) in [6.07, 6.45) is -1.43. The maximum atomic E-state index is 13.3. The summed E-state index contributed by atoms with van der Waals surface area (Å²) in [5.41, 5.74) is -0.392. The minimum absolute atomic E-state index is 0.0529. The van der Waals surface area contributed by atoms with E-state index in [2.05, 4.69) is 20.4 Å². The van der Waals surface area contributed by atoms with Crippen molar-refractivity contribution in [2.75, 3.05) is 11.9 Å². The van der Waals surface area contributed by atoms with Crippen molar-refractivity contribution < 1.29 is 32.0 Å². The van der Waals surface area contributed by atoms with Crippen LogP contribution in [0.1, 0.15) is 24.8 Å². The number of carbonyl (C=O) groups is 1. The first-order valence-corrected chi connectivity index (χ1v) is 11.0. The van der Waals surface area contributed by atoms with Crippen LogP contribution in [0.25, 0.3) is 11.4 Å². The number of rotatable bonds is 9. The summed E-state index contributed by atoms with van der Waals surface area (Å²) >= 11 is 0. The number of benzene rings is 2. The SMILES string of the molecule is CCOc1ccc(Oc2ccc(C(F)(F)F)cc2NC(=O)CCc2nc(-c3cccnc3)no2)cc1. The van der Waals surface area contributed by atoms with Crippen molar-refractivity contribution in [1.82, 2.24) is 15.1 Å². The number of hydrogen-bond acceptors (Lipinski definition) is 7. The van der Waals surface area contributed by atoms with Gasteiger partial charge in [-0.25, -0.2) is 0 Å². The zero-order valence-electron chi connectivity index (χ0n) is 19.1. The zero-order chi connectivity index (χ0) is 25.5. The first-order chi connectivity index (χ1) is 17.3. The van der Waals surface area contributed by atoms with Gasteiger partial charge in [-0.15, -0.1) is 0 Å². The van der Waals surface area contributed by atoms with E-state index < -0.39 is 17.6 Å². The lowest BCUT2D eigenvalue weighted by Crippen LogP contribution is -2.14. The van der Waals surface area contributed by atoms with Crippen molar-refractivity contribution in [2.24, 2.45) is 0 Å². The fourth-order valence-electron chi connectivity index (χ4n) is 3.19. The molecule has 36 heavy (non-hydrogen) atoms. The highest BCUT2D eigenvalue weighted by Crippen LogP contribution is 2.37. The summed E-state index contributed by atoms with van der Waals surface area (Å²) in [7, 11) is 0. The lowest BCUT2D eigenvalue weighted by molar-refractivity contribution is -0.137. The normalized spacial score (nSPS) is 11.2. The highest BCUT2D eigenvalue weighted by atomic mass is 19.4. The van der Waals surface area contributed by atoms with Gasteiger partial charge in [0.2, 0.25) is 17.6 Å². The van der Waals surface area contributed by atoms with Crippen molar-refractivity contribution in [3.8, 4) is 28.6 Å². The van der Waals surface area contributed by atoms with Crippen molar-refractivity contribution in [3.05, 3.63) is 78.4 Å². The minimum Gasteiger partial charge on any atom is -0.494 e. The highest BCUT2D eigenvalue weighted by Gasteiger charge is 2.31. The van der Waals surface area contributed by atoms with E-state index in [-0.39, 0.29) is 30.2 Å². The third-order valence-electron chi connectivity index (χ3n) is 4.90. The molecule has 0 atom stereocenters. The highest BCUT2D eigenvalue weighted by molar-refractivity contribution is 5.92. The van der Waals surface area contributed by atoms with Gasteiger partial charge in [0.25, 0.3) is 0 Å². The number of alkyl halides is 3. The number of amides is 1. The Hall–Kier alpha value is -4.41. The van der Waals surface area contributed by atoms with Gasteiger partial charge in [0.1, 0.15) is 11.5 Å². The molecule has 4 aromatic rings. The largest absolute Gasteiger partial charge is 0.494 e. The van der Waals surface area contributed by atoms with Crippen LogP contribution in [-0.4, -0.2) is 27.6 Å². The maximum Gasteiger partial charge on any atom is 0.416 e. The number of anilines is 1. The molecule has 0 fully saturated rings. The molecule has 11 heteroatoms. The van der Waals surface area contributed by atoms with Gasteiger partial charge in [-0.2, -0.15) is 18.2 Å². The van der Waals surface area contributed by atoms with E-state index in [1.807, 2.05) is 6.92 Å². The van der Waals surface area contributed by atoms with E-state index >= 15 is 0 Å². The van der Waals surface area contributed by atoms with Crippen LogP contribution in [0.4, 0.5) is 18.9 Å². The van der Waals surface area contributed by atoms with Gasteiger partial charge in [0.15, 0.2) is 5.75 Å². The Morgan fingerprint density at radius 1 is 1.08 bits per heavy atom. The van der Waals surface area contributed by atoms with Crippen LogP contribution in [0.5, 0.6) is 17.2 Å². The molecule has 2 aromatic carbocycles. The molecule has 0 bridgehead atoms. The van der Waals surface area contributed by atoms with Crippen LogP contribution >= 0.6 is 0 Å². The van der Waals surface area contributed by atoms with Crippen molar-refractivity contribution in [2.45, 2.75) is 25.9 Å². The van der Waals surface area contributed by atoms with E-state index in [0.29, 0.717) is 29.5 Å². The molecule has 0 saturated heterocycles. The topological polar surface area (TPSA) is 99.4 Å². The number of aromatic nitrogens is 3. The molecule has 0 spiro atoms. The van der Waals surface area contributed by atoms with Crippen LogP contribution in [0.15, 0.2) is 71.5 Å². The van der Waals surface area contributed by atoms with E-state index in [9.17, 15) is 18.0 Å². The number of ether oxygens (including phenoxy) is 2. The predicted octanol–water partition coefficient (Wildman–Crippen LogP) is 5.91. The molecule has 2 heterocycles. The number of halogens is 3. The van der Waals surface area contributed by atoms with Gasteiger partial charge in [0, 0.05) is 30.8 Å². The van der Waals surface area contributed by atoms with Gasteiger partial charge in [-0.3, -0.25) is 9.78 Å². The average molecular weight is 498 g/mol. The van der Waals surface area contributed by atoms with Gasteiger partial charge in [0.05, 0.1) is 17.9 Å². The summed E-state index contributed by atoms with van der Waals surface area (Å²) in [5.74, 6) is 1.02. The van der Waals surface area contributed by atoms with E-state index in [4.69, 9.17) is 14.0 Å². The number of nitrogens with one attached hydrogen (secondary N) is 1. The first-order valence-electron chi connectivity index (χ1n) is 11.0. The molecule has 186 valence electrons. The fourth-order valence-corrected chi connectivity index (χ4v) is 3.19. The predicted molar refractivity (Wildman–Crippen MR) is 124 cm³/mol. The van der Waals surface area contributed by atoms with Crippen LogP contribution in [0.3, 0.4) is 0 Å². The fraction of sp³-hybridized carbons (Fsp3) is 0.200. The Morgan fingerprint density at radius 2 is 1.86 bits per heavy atom. The third-order valence-corrected chi connectivity index (χ3v) is 4.90. The Kier molecular flexibility index (Phi) is 7.47. The molecule has 0 aliphatic carbocycles. The van der Waals surface area contributed by atoms with Crippen molar-refractivity contribution >= 4 is 11.6 Å². The Balaban J connectivity index is 1.46. The van der Waals surface area contributed by atoms with Gasteiger partial charge >= 0.3 is 6.18 Å². The molecular weight excluding hydrogens is 477 g/mol. The van der Waals surface area contributed by atoms with Crippen LogP contribution in [-0.2, 0) is 17.4 Å². The Labute approximate surface area is 204 Å². The van der Waals surface area contributed by atoms with Gasteiger partial charge in [-0.1, -0.05) is 5.16 Å². The first kappa shape index (κ1) is 24.7. The molecule has 4 rings (SSSR count). The van der Waals surface area contributed by atoms with Crippen molar-refractivity contribution in [1.29, 1.82) is 0 Å². The second kappa shape index (κ2) is 10.9.